The number of hydrogen-bond donors (Lipinski definition) is 1. The highest BCUT2D eigenvalue weighted by molar-refractivity contribution is 6.03. The third-order valence-electron chi connectivity index (χ3n) is 10.8. The van der Waals surface area contributed by atoms with Gasteiger partial charge in [0.1, 0.15) is 29.6 Å². The molecule has 12 heteroatoms. The van der Waals surface area contributed by atoms with Gasteiger partial charge in [-0.3, -0.25) is 14.4 Å². The summed E-state index contributed by atoms with van der Waals surface area (Å²) in [7, 11) is 0. The van der Waals surface area contributed by atoms with E-state index in [1.165, 1.54) is 0 Å². The summed E-state index contributed by atoms with van der Waals surface area (Å²) in [4.78, 5) is 49.6. The highest BCUT2D eigenvalue weighted by Gasteiger charge is 2.80. The van der Waals surface area contributed by atoms with E-state index in [1.807, 2.05) is 69.3 Å². The van der Waals surface area contributed by atoms with Gasteiger partial charge in [-0.15, -0.1) is 18.3 Å². The number of benzene rings is 2. The first-order valence-electron chi connectivity index (χ1n) is 17.6. The maximum Gasteiger partial charge on any atom is 0.250 e. The molecule has 0 saturated carbocycles. The summed E-state index contributed by atoms with van der Waals surface area (Å²) in [5.41, 5.74) is -0.0779. The van der Waals surface area contributed by atoms with E-state index in [9.17, 15) is 19.5 Å². The van der Waals surface area contributed by atoms with E-state index in [4.69, 9.17) is 9.47 Å². The number of ether oxygens (including phenoxy) is 2. The first-order chi connectivity index (χ1) is 24.1. The largest absolute Gasteiger partial charge is 0.494 e. The Morgan fingerprint density at radius 1 is 1.08 bits per heavy atom. The number of nitrogens with zero attached hydrogens (tertiary/aromatic N) is 6. The zero-order chi connectivity index (χ0) is 35.6. The van der Waals surface area contributed by atoms with Crippen molar-refractivity contribution in [2.45, 2.75) is 70.4 Å². The monoisotopic (exact) mass is 684 g/mol. The van der Waals surface area contributed by atoms with E-state index in [2.05, 4.69) is 23.5 Å². The van der Waals surface area contributed by atoms with Crippen LogP contribution < -0.4 is 9.64 Å². The summed E-state index contributed by atoms with van der Waals surface area (Å²) < 4.78 is 14.3. The fraction of sp³-hybridized carbons (Fsp3) is 0.500. The first-order valence-corrected chi connectivity index (χ1v) is 17.6. The molecule has 3 saturated heterocycles. The molecule has 12 nitrogen and oxygen atoms in total. The Morgan fingerprint density at radius 3 is 2.52 bits per heavy atom. The number of unbranched alkanes of at least 4 members (excludes halogenated alkanes) is 2. The second-order valence-corrected chi connectivity index (χ2v) is 13.8. The van der Waals surface area contributed by atoms with Gasteiger partial charge in [0, 0.05) is 31.9 Å². The van der Waals surface area contributed by atoms with E-state index in [-0.39, 0.29) is 50.0 Å². The van der Waals surface area contributed by atoms with Gasteiger partial charge in [0.2, 0.25) is 17.7 Å². The smallest absolute Gasteiger partial charge is 0.250 e. The Balaban J connectivity index is 1.39. The maximum absolute atomic E-state index is 15.0. The second kappa shape index (κ2) is 14.4. The lowest BCUT2D eigenvalue weighted by atomic mass is 9.62. The van der Waals surface area contributed by atoms with Crippen LogP contribution in [-0.2, 0) is 25.8 Å². The summed E-state index contributed by atoms with van der Waals surface area (Å²) in [5, 5.41) is 18.0. The maximum atomic E-state index is 15.0. The van der Waals surface area contributed by atoms with E-state index in [0.717, 1.165) is 5.52 Å². The number of likely N-dealkylation sites (tertiary alicyclic amines) is 1. The highest BCUT2D eigenvalue weighted by atomic mass is 16.5. The van der Waals surface area contributed by atoms with Crippen LogP contribution in [0.2, 0.25) is 0 Å². The van der Waals surface area contributed by atoms with Crippen LogP contribution in [0.15, 0.2) is 73.8 Å². The van der Waals surface area contributed by atoms with Crippen LogP contribution in [0.3, 0.4) is 0 Å². The molecule has 3 fully saturated rings. The Labute approximate surface area is 293 Å². The Morgan fingerprint density at radius 2 is 1.82 bits per heavy atom. The quantitative estimate of drug-likeness (QED) is 0.176. The minimum atomic E-state index is -1.22. The van der Waals surface area contributed by atoms with Crippen LogP contribution in [0.5, 0.6) is 5.75 Å². The van der Waals surface area contributed by atoms with Gasteiger partial charge in [0.25, 0.3) is 0 Å². The van der Waals surface area contributed by atoms with Crippen molar-refractivity contribution in [3.8, 4) is 5.75 Å². The minimum Gasteiger partial charge on any atom is -0.494 e. The average molecular weight is 685 g/mol. The van der Waals surface area contributed by atoms with Crippen LogP contribution in [0, 0.1) is 17.8 Å². The first kappa shape index (κ1) is 35.3. The third kappa shape index (κ3) is 5.87. The summed E-state index contributed by atoms with van der Waals surface area (Å²) in [6.07, 6.45) is 5.63. The molecule has 6 rings (SSSR count). The van der Waals surface area contributed by atoms with Gasteiger partial charge in [-0.25, -0.2) is 4.68 Å². The second-order valence-electron chi connectivity index (χ2n) is 13.8. The van der Waals surface area contributed by atoms with E-state index in [0.29, 0.717) is 55.8 Å². The summed E-state index contributed by atoms with van der Waals surface area (Å²) in [6.45, 7) is 15.1. The molecular formula is C38H48N6O6. The Bertz CT molecular complexity index is 1740. The molecule has 1 N–H and O–H groups in total. The lowest BCUT2D eigenvalue weighted by Gasteiger charge is -2.39. The van der Waals surface area contributed by atoms with Crippen molar-refractivity contribution in [1.29, 1.82) is 0 Å². The predicted octanol–water partition coefficient (Wildman–Crippen LogP) is 4.19. The molecule has 1 spiro atoms. The molecule has 266 valence electrons. The molecular weight excluding hydrogens is 636 g/mol. The predicted molar refractivity (Wildman–Crippen MR) is 189 cm³/mol. The van der Waals surface area contributed by atoms with Gasteiger partial charge in [-0.1, -0.05) is 36.4 Å². The fourth-order valence-corrected chi connectivity index (χ4v) is 8.44. The molecule has 0 aliphatic carbocycles. The van der Waals surface area contributed by atoms with Gasteiger partial charge in [-0.05, 0) is 81.8 Å². The van der Waals surface area contributed by atoms with Gasteiger partial charge in [-0.2, -0.15) is 0 Å². The highest BCUT2D eigenvalue weighted by Crippen LogP contribution is 2.65. The van der Waals surface area contributed by atoms with Crippen molar-refractivity contribution < 1.29 is 29.0 Å². The zero-order valence-corrected chi connectivity index (χ0v) is 29.2. The number of amides is 3. The van der Waals surface area contributed by atoms with Crippen molar-refractivity contribution in [3.63, 3.8) is 0 Å². The number of aliphatic hydroxyl groups is 1. The summed E-state index contributed by atoms with van der Waals surface area (Å²) in [5.74, 6) is -1.92. The normalized spacial score (nSPS) is 26.6. The molecule has 3 aromatic rings. The SMILES string of the molecule is C=CCN(Cn1nnc2ccccc21)C(=O)C1N(CCCCCO)C(=O)[C@@H]2[C@@H](C(=O)N(CC=C)c3ccc(OCC)cc3)[C@]3(C)OC12CC3C. The van der Waals surface area contributed by atoms with Crippen molar-refractivity contribution in [2.24, 2.45) is 17.8 Å². The van der Waals surface area contributed by atoms with Crippen molar-refractivity contribution in [1.82, 2.24) is 24.8 Å². The molecule has 2 bridgehead atoms. The van der Waals surface area contributed by atoms with Crippen LogP contribution in [0.4, 0.5) is 5.69 Å². The van der Waals surface area contributed by atoms with Crippen LogP contribution in [0.25, 0.3) is 11.0 Å². The number of fused-ring (bicyclic) bond motifs is 2. The number of carbonyl (C=O) groups is 3. The number of rotatable bonds is 16. The molecule has 3 aliphatic heterocycles. The van der Waals surface area contributed by atoms with E-state index >= 15 is 0 Å². The fourth-order valence-electron chi connectivity index (χ4n) is 8.44. The number of para-hydroxylation sites is 1. The van der Waals surface area contributed by atoms with Gasteiger partial charge in [0.05, 0.1) is 29.6 Å². The zero-order valence-electron chi connectivity index (χ0n) is 29.2. The minimum absolute atomic E-state index is 0.0437. The number of anilines is 1. The topological polar surface area (TPSA) is 130 Å². The third-order valence-corrected chi connectivity index (χ3v) is 10.8. The Hall–Kier alpha value is -4.55. The van der Waals surface area contributed by atoms with Gasteiger partial charge >= 0.3 is 0 Å². The van der Waals surface area contributed by atoms with Crippen molar-refractivity contribution in [3.05, 3.63) is 73.8 Å². The molecule has 0 radical (unpaired) electrons. The molecule has 6 atom stereocenters. The van der Waals surface area contributed by atoms with Crippen LogP contribution in [0.1, 0.15) is 46.5 Å². The molecule has 1 aromatic heterocycles. The lowest BCUT2D eigenvalue weighted by molar-refractivity contribution is -0.153. The van der Waals surface area contributed by atoms with Crippen LogP contribution >= 0.6 is 0 Å². The van der Waals surface area contributed by atoms with Gasteiger partial charge in [0.15, 0.2) is 0 Å². The van der Waals surface area contributed by atoms with Gasteiger partial charge < -0.3 is 29.3 Å². The van der Waals surface area contributed by atoms with Crippen LogP contribution in [-0.4, -0.2) is 97.7 Å². The molecule has 3 amide bonds. The molecule has 2 aromatic carbocycles. The average Bonchev–Trinajstić information content (AvgIpc) is 3.78. The molecule has 3 aliphatic rings. The lowest BCUT2D eigenvalue weighted by Crippen LogP contribution is -2.57. The summed E-state index contributed by atoms with van der Waals surface area (Å²) >= 11 is 0. The number of aromatic nitrogens is 3. The van der Waals surface area contributed by atoms with Crippen molar-refractivity contribution >= 4 is 34.4 Å². The molecule has 50 heavy (non-hydrogen) atoms. The standard InChI is InChI=1S/C38H48N6O6/c1-6-20-41(25-44-30-15-11-10-14-29(30)39-40-44)36(48)33-38-24-26(4)37(5,50-38)31(32(38)35(47)43(33)22-12-9-13-23-45)34(46)42(21-7-2)27-16-18-28(19-17-27)49-8-3/h6-7,10-11,14-19,26,31-33,45H,1-2,8-9,12-13,20-25H2,3-5H3/t26?,31-,32-,33?,37+,38?/m0/s1. The van der Waals surface area contributed by atoms with E-state index in [1.54, 1.807) is 31.5 Å². The summed E-state index contributed by atoms with van der Waals surface area (Å²) in [6, 6.07) is 13.9. The molecule has 3 unspecified atom stereocenters. The van der Waals surface area contributed by atoms with Crippen molar-refractivity contribution in [2.75, 3.05) is 37.7 Å². The number of carbonyl (C=O) groups excluding carboxylic acids is 3. The number of aliphatic hydroxyl groups excluding tert-OH is 1. The molecule has 4 heterocycles. The van der Waals surface area contributed by atoms with E-state index < -0.39 is 29.1 Å². The number of hydrogen-bond acceptors (Lipinski definition) is 8. The Kier molecular flexibility index (Phi) is 10.1.